The molecule has 0 saturated heterocycles. The second kappa shape index (κ2) is 6.48. The van der Waals surface area contributed by atoms with Gasteiger partial charge in [-0.3, -0.25) is 4.79 Å². The van der Waals surface area contributed by atoms with Crippen LogP contribution in [0.4, 0.5) is 4.39 Å². The second-order valence-corrected chi connectivity index (χ2v) is 4.97. The number of hydrogen-bond donors (Lipinski definition) is 0. The highest BCUT2D eigenvalue weighted by atomic mass is 79.9. The first-order valence-electron chi connectivity index (χ1n) is 5.78. The van der Waals surface area contributed by atoms with Gasteiger partial charge in [0.1, 0.15) is 18.2 Å². The Balaban J connectivity index is 1.91. The second-order valence-electron chi connectivity index (χ2n) is 4.05. The Hall–Kier alpha value is -1.68. The van der Waals surface area contributed by atoms with Crippen LogP contribution in [0.5, 0.6) is 5.75 Å². The van der Waals surface area contributed by atoms with Gasteiger partial charge in [0.15, 0.2) is 5.78 Å². The Morgan fingerprint density at radius 1 is 1.16 bits per heavy atom. The van der Waals surface area contributed by atoms with E-state index in [0.717, 1.165) is 0 Å². The third-order valence-corrected chi connectivity index (χ3v) is 3.04. The van der Waals surface area contributed by atoms with Crippen LogP contribution >= 0.6 is 15.9 Å². The van der Waals surface area contributed by atoms with Crippen molar-refractivity contribution in [1.82, 2.24) is 0 Å². The number of carbonyl (C=O) groups is 1. The molecule has 0 bridgehead atoms. The van der Waals surface area contributed by atoms with Gasteiger partial charge in [0.25, 0.3) is 0 Å². The van der Waals surface area contributed by atoms with Crippen LogP contribution in [0.3, 0.4) is 0 Å². The summed E-state index contributed by atoms with van der Waals surface area (Å²) in [6.45, 7) is -0.0560. The van der Waals surface area contributed by atoms with E-state index in [-0.39, 0.29) is 24.6 Å². The molecule has 0 saturated carbocycles. The Labute approximate surface area is 119 Å². The summed E-state index contributed by atoms with van der Waals surface area (Å²) in [6, 6.07) is 13.7. The van der Waals surface area contributed by atoms with E-state index < -0.39 is 0 Å². The van der Waals surface area contributed by atoms with E-state index in [1.54, 1.807) is 24.3 Å². The predicted molar refractivity (Wildman–Crippen MR) is 74.7 cm³/mol. The van der Waals surface area contributed by atoms with Gasteiger partial charge in [-0.2, -0.15) is 0 Å². The Kier molecular flexibility index (Phi) is 4.68. The van der Waals surface area contributed by atoms with Crippen molar-refractivity contribution in [1.29, 1.82) is 0 Å². The molecule has 2 aromatic carbocycles. The lowest BCUT2D eigenvalue weighted by Gasteiger charge is -2.06. The quantitative estimate of drug-likeness (QED) is 0.837. The number of hydrogen-bond acceptors (Lipinski definition) is 2. The summed E-state index contributed by atoms with van der Waals surface area (Å²) in [5.41, 5.74) is 0.380. The standard InChI is InChI=1S/C15H12BrFO2/c16-12-7-6-11(15(17)9-12)8-13(18)10-19-14-4-2-1-3-5-14/h1-7,9H,8,10H2. The fourth-order valence-electron chi connectivity index (χ4n) is 1.61. The number of ether oxygens (including phenoxy) is 1. The molecule has 4 heteroatoms. The predicted octanol–water partition coefficient (Wildman–Crippen LogP) is 3.78. The molecule has 19 heavy (non-hydrogen) atoms. The summed E-state index contributed by atoms with van der Waals surface area (Å²) in [5.74, 6) is 0.0830. The van der Waals surface area contributed by atoms with Crippen molar-refractivity contribution in [2.24, 2.45) is 0 Å². The van der Waals surface area contributed by atoms with Crippen LogP contribution in [0.2, 0.25) is 0 Å². The minimum atomic E-state index is -0.387. The molecule has 0 amide bonds. The monoisotopic (exact) mass is 322 g/mol. The zero-order valence-electron chi connectivity index (χ0n) is 10.1. The summed E-state index contributed by atoms with van der Waals surface area (Å²) in [6.07, 6.45) is 0.0337. The minimum absolute atomic E-state index is 0.0337. The first kappa shape index (κ1) is 13.7. The van der Waals surface area contributed by atoms with E-state index in [2.05, 4.69) is 15.9 Å². The van der Waals surface area contributed by atoms with Crippen molar-refractivity contribution < 1.29 is 13.9 Å². The molecule has 2 aromatic rings. The molecular formula is C15H12BrFO2. The number of halogens is 2. The molecule has 0 aliphatic rings. The largest absolute Gasteiger partial charge is 0.486 e. The Morgan fingerprint density at radius 3 is 2.58 bits per heavy atom. The summed E-state index contributed by atoms with van der Waals surface area (Å²) < 4.78 is 19.5. The van der Waals surface area contributed by atoms with E-state index in [1.165, 1.54) is 6.07 Å². The van der Waals surface area contributed by atoms with Gasteiger partial charge < -0.3 is 4.74 Å². The van der Waals surface area contributed by atoms with Crippen molar-refractivity contribution in [3.63, 3.8) is 0 Å². The van der Waals surface area contributed by atoms with Gasteiger partial charge in [-0.25, -0.2) is 4.39 Å². The van der Waals surface area contributed by atoms with Gasteiger partial charge in [-0.05, 0) is 29.8 Å². The van der Waals surface area contributed by atoms with Crippen LogP contribution in [0.15, 0.2) is 53.0 Å². The lowest BCUT2D eigenvalue weighted by molar-refractivity contribution is -0.120. The van der Waals surface area contributed by atoms with Crippen molar-refractivity contribution in [2.75, 3.05) is 6.61 Å². The van der Waals surface area contributed by atoms with Gasteiger partial charge >= 0.3 is 0 Å². The van der Waals surface area contributed by atoms with Crippen LogP contribution in [-0.2, 0) is 11.2 Å². The molecule has 0 aliphatic heterocycles. The van der Waals surface area contributed by atoms with E-state index in [0.29, 0.717) is 15.8 Å². The van der Waals surface area contributed by atoms with E-state index in [1.807, 2.05) is 18.2 Å². The Bertz CT molecular complexity index is 570. The van der Waals surface area contributed by atoms with Gasteiger partial charge in [0.05, 0.1) is 0 Å². The molecule has 0 heterocycles. The van der Waals surface area contributed by atoms with E-state index >= 15 is 0 Å². The molecular weight excluding hydrogens is 311 g/mol. The highest BCUT2D eigenvalue weighted by Gasteiger charge is 2.09. The van der Waals surface area contributed by atoms with Crippen molar-refractivity contribution >= 4 is 21.7 Å². The first-order valence-corrected chi connectivity index (χ1v) is 6.58. The van der Waals surface area contributed by atoms with Crippen molar-refractivity contribution in [2.45, 2.75) is 6.42 Å². The maximum absolute atomic E-state index is 13.6. The smallest absolute Gasteiger partial charge is 0.174 e. The SMILES string of the molecule is O=C(COc1ccccc1)Cc1ccc(Br)cc1F. The molecule has 0 unspecified atom stereocenters. The van der Waals surface area contributed by atoms with E-state index in [4.69, 9.17) is 4.74 Å². The van der Waals surface area contributed by atoms with Gasteiger partial charge in [0.2, 0.25) is 0 Å². The van der Waals surface area contributed by atoms with Crippen LogP contribution in [0, 0.1) is 5.82 Å². The summed E-state index contributed by atoms with van der Waals surface area (Å²) >= 11 is 3.17. The van der Waals surface area contributed by atoms with E-state index in [9.17, 15) is 9.18 Å². The third kappa shape index (κ3) is 4.17. The maximum Gasteiger partial charge on any atom is 0.174 e. The van der Waals surface area contributed by atoms with Crippen LogP contribution in [0.25, 0.3) is 0 Å². The Morgan fingerprint density at radius 2 is 1.89 bits per heavy atom. The normalized spacial score (nSPS) is 10.2. The van der Waals surface area contributed by atoms with Gasteiger partial charge in [-0.15, -0.1) is 0 Å². The number of rotatable bonds is 5. The van der Waals surface area contributed by atoms with Crippen LogP contribution in [0.1, 0.15) is 5.56 Å². The highest BCUT2D eigenvalue weighted by molar-refractivity contribution is 9.10. The summed E-state index contributed by atoms with van der Waals surface area (Å²) in [7, 11) is 0. The molecule has 0 aromatic heterocycles. The lowest BCUT2D eigenvalue weighted by Crippen LogP contribution is -2.14. The van der Waals surface area contributed by atoms with Gasteiger partial charge in [0, 0.05) is 10.9 Å². The number of Topliss-reactive ketones (excluding diaryl/α,β-unsaturated/α-hetero) is 1. The molecule has 2 nitrogen and oxygen atoms in total. The molecule has 0 radical (unpaired) electrons. The fourth-order valence-corrected chi connectivity index (χ4v) is 1.94. The number of para-hydroxylation sites is 1. The van der Waals surface area contributed by atoms with Crippen molar-refractivity contribution in [3.8, 4) is 5.75 Å². The van der Waals surface area contributed by atoms with Gasteiger partial charge in [-0.1, -0.05) is 40.2 Å². The number of benzene rings is 2. The molecule has 0 aliphatic carbocycles. The lowest BCUT2D eigenvalue weighted by atomic mass is 10.1. The minimum Gasteiger partial charge on any atom is -0.486 e. The molecule has 2 rings (SSSR count). The summed E-state index contributed by atoms with van der Waals surface area (Å²) in [4.78, 5) is 11.7. The molecule has 0 atom stereocenters. The van der Waals surface area contributed by atoms with Crippen molar-refractivity contribution in [3.05, 3.63) is 64.4 Å². The third-order valence-electron chi connectivity index (χ3n) is 2.55. The zero-order chi connectivity index (χ0) is 13.7. The van der Waals surface area contributed by atoms with Crippen LogP contribution < -0.4 is 4.74 Å². The zero-order valence-corrected chi connectivity index (χ0v) is 11.7. The maximum atomic E-state index is 13.6. The average Bonchev–Trinajstić information content (AvgIpc) is 2.41. The number of ketones is 1. The molecule has 0 N–H and O–H groups in total. The summed E-state index contributed by atoms with van der Waals surface area (Å²) in [5, 5.41) is 0. The number of carbonyl (C=O) groups excluding carboxylic acids is 1. The fraction of sp³-hybridized carbons (Fsp3) is 0.133. The van der Waals surface area contributed by atoms with Crippen LogP contribution in [-0.4, -0.2) is 12.4 Å². The molecule has 0 fully saturated rings. The molecule has 98 valence electrons. The average molecular weight is 323 g/mol. The molecule has 0 spiro atoms. The first-order chi connectivity index (χ1) is 9.15. The topological polar surface area (TPSA) is 26.3 Å². The highest BCUT2D eigenvalue weighted by Crippen LogP contribution is 2.16.